The highest BCUT2D eigenvalue weighted by Gasteiger charge is 2.43. The third-order valence-electron chi connectivity index (χ3n) is 5.92. The molecule has 1 aromatic rings. The molecule has 180 valence electrons. The van der Waals surface area contributed by atoms with Gasteiger partial charge in [-0.15, -0.1) is 0 Å². The van der Waals surface area contributed by atoms with Crippen molar-refractivity contribution in [2.24, 2.45) is 0 Å². The van der Waals surface area contributed by atoms with E-state index in [1.165, 1.54) is 19.1 Å². The first-order chi connectivity index (χ1) is 15.7. The zero-order chi connectivity index (χ0) is 24.0. The van der Waals surface area contributed by atoms with Crippen molar-refractivity contribution in [3.8, 4) is 5.75 Å². The number of esters is 1. The molecule has 1 aromatic carbocycles. The number of hydrogen-bond acceptors (Lipinski definition) is 8. The molecule has 0 radical (unpaired) electrons. The van der Waals surface area contributed by atoms with Crippen LogP contribution >= 0.6 is 0 Å². The molecule has 11 heteroatoms. The van der Waals surface area contributed by atoms with Gasteiger partial charge in [0.15, 0.2) is 0 Å². The Morgan fingerprint density at radius 1 is 1.18 bits per heavy atom. The van der Waals surface area contributed by atoms with E-state index in [-0.39, 0.29) is 23.8 Å². The van der Waals surface area contributed by atoms with E-state index in [4.69, 9.17) is 18.9 Å². The molecule has 33 heavy (non-hydrogen) atoms. The molecule has 1 atom stereocenters. The van der Waals surface area contributed by atoms with Crippen molar-refractivity contribution in [1.82, 2.24) is 0 Å². The Hall–Kier alpha value is -2.69. The van der Waals surface area contributed by atoms with Crippen molar-refractivity contribution in [2.75, 3.05) is 6.79 Å². The average Bonchev–Trinajstić information content (AvgIpc) is 2.79. The Labute approximate surface area is 190 Å². The van der Waals surface area contributed by atoms with Gasteiger partial charge in [-0.1, -0.05) is 25.5 Å². The molecular weight excluding hydrogens is 441 g/mol. The molecule has 0 amide bonds. The maximum Gasteiger partial charge on any atom is 0.526 e. The molecule has 1 saturated carbocycles. The Morgan fingerprint density at radius 2 is 1.91 bits per heavy atom. The van der Waals surface area contributed by atoms with Crippen LogP contribution in [0.5, 0.6) is 5.75 Å². The predicted octanol–water partition coefficient (Wildman–Crippen LogP) is 4.08. The summed E-state index contributed by atoms with van der Waals surface area (Å²) in [6, 6.07) is 4.53. The number of carbonyl (C=O) groups excluding carboxylic acids is 3. The smallest absolute Gasteiger partial charge is 0.526 e. The van der Waals surface area contributed by atoms with Crippen LogP contribution < -0.4 is 4.65 Å². The fourth-order valence-electron chi connectivity index (χ4n) is 3.97. The number of para-hydroxylation sites is 1. The molecule has 0 bridgehead atoms. The molecule has 1 fully saturated rings. The molecule has 1 aliphatic carbocycles. The number of carbonyl (C=O) groups is 3. The second kappa shape index (κ2) is 11.0. The van der Waals surface area contributed by atoms with Crippen molar-refractivity contribution >= 4 is 25.0 Å². The van der Waals surface area contributed by atoms with Crippen molar-refractivity contribution in [2.45, 2.75) is 76.1 Å². The second-order valence-electron chi connectivity index (χ2n) is 8.27. The number of halogens is 2. The van der Waals surface area contributed by atoms with Gasteiger partial charge < -0.3 is 23.9 Å². The van der Waals surface area contributed by atoms with Gasteiger partial charge in [-0.25, -0.2) is 9.59 Å². The number of fused-ring (bicyclic) bond motifs is 1. The summed E-state index contributed by atoms with van der Waals surface area (Å²) in [4.78, 5) is 36.1. The summed E-state index contributed by atoms with van der Waals surface area (Å²) in [5, 5.41) is 10.3. The Morgan fingerprint density at radius 3 is 2.61 bits per heavy atom. The molecule has 0 aromatic heterocycles. The first kappa shape index (κ1) is 24.9. The summed E-state index contributed by atoms with van der Waals surface area (Å²) < 4.78 is 47.6. The Balaban J connectivity index is 1.56. The number of hydrogen-bond donors (Lipinski definition) is 1. The summed E-state index contributed by atoms with van der Waals surface area (Å²) >= 11 is 0. The van der Waals surface area contributed by atoms with Crippen LogP contribution in [0.3, 0.4) is 0 Å². The van der Waals surface area contributed by atoms with Crippen molar-refractivity contribution < 1.29 is 47.1 Å². The molecule has 1 N–H and O–H groups in total. The van der Waals surface area contributed by atoms with Crippen molar-refractivity contribution in [1.29, 1.82) is 0 Å². The van der Waals surface area contributed by atoms with Crippen molar-refractivity contribution in [3.05, 3.63) is 29.3 Å². The third kappa shape index (κ3) is 6.43. The van der Waals surface area contributed by atoms with Crippen LogP contribution in [-0.2, 0) is 25.4 Å². The average molecular weight is 468 g/mol. The van der Waals surface area contributed by atoms with E-state index in [1.807, 2.05) is 0 Å². The van der Waals surface area contributed by atoms with E-state index in [0.29, 0.717) is 5.56 Å². The topological polar surface area (TPSA) is 108 Å². The predicted molar refractivity (Wildman–Crippen MR) is 112 cm³/mol. The highest BCUT2D eigenvalue weighted by molar-refractivity contribution is 6.47. The minimum Gasteiger partial charge on any atom is -0.535 e. The van der Waals surface area contributed by atoms with Crippen LogP contribution in [-0.4, -0.2) is 48.9 Å². The van der Waals surface area contributed by atoms with Gasteiger partial charge in [-0.2, -0.15) is 8.78 Å². The van der Waals surface area contributed by atoms with E-state index >= 15 is 0 Å². The van der Waals surface area contributed by atoms with E-state index in [0.717, 1.165) is 32.1 Å². The molecule has 8 nitrogen and oxygen atoms in total. The molecule has 2 aliphatic rings. The number of ketones is 1. The van der Waals surface area contributed by atoms with E-state index in [9.17, 15) is 28.2 Å². The van der Waals surface area contributed by atoms with Gasteiger partial charge in [0.05, 0.1) is 0 Å². The normalized spacial score (nSPS) is 18.7. The van der Waals surface area contributed by atoms with Gasteiger partial charge in [0.1, 0.15) is 17.4 Å². The van der Waals surface area contributed by atoms with Gasteiger partial charge >= 0.3 is 25.2 Å². The van der Waals surface area contributed by atoms with Gasteiger partial charge in [0.2, 0.25) is 12.6 Å². The Bertz CT molecular complexity index is 872. The van der Waals surface area contributed by atoms with Gasteiger partial charge in [0, 0.05) is 18.7 Å². The van der Waals surface area contributed by atoms with Crippen LogP contribution in [0.2, 0.25) is 5.82 Å². The number of Topliss-reactive ketones (excluding diaryl/α,β-unsaturated/α-hetero) is 1. The number of ether oxygens (including phenoxy) is 3. The molecule has 1 aliphatic heterocycles. The minimum atomic E-state index is -3.47. The van der Waals surface area contributed by atoms with E-state index in [1.54, 1.807) is 6.07 Å². The molecule has 1 heterocycles. The largest absolute Gasteiger partial charge is 0.535 e. The fourth-order valence-corrected chi connectivity index (χ4v) is 3.97. The maximum absolute atomic E-state index is 13.6. The van der Waals surface area contributed by atoms with Crippen LogP contribution in [0, 0.1) is 0 Å². The molecule has 0 saturated heterocycles. The van der Waals surface area contributed by atoms with E-state index < -0.39 is 56.4 Å². The van der Waals surface area contributed by atoms with Crippen LogP contribution in [0.4, 0.5) is 13.6 Å². The van der Waals surface area contributed by atoms with Crippen LogP contribution in [0.15, 0.2) is 18.2 Å². The minimum absolute atomic E-state index is 0.0283. The third-order valence-corrected chi connectivity index (χ3v) is 5.92. The van der Waals surface area contributed by atoms with Crippen LogP contribution in [0.25, 0.3) is 0 Å². The molecular formula is C22H27BF2O8. The summed E-state index contributed by atoms with van der Waals surface area (Å²) in [6.07, 6.45) is 2.36. The number of rotatable bonds is 8. The molecule has 0 unspecified atom stereocenters. The first-order valence-corrected chi connectivity index (χ1v) is 11.1. The SMILES string of the molecule is CCC(F)(F)C(=O)C[C@H]1Cc2cccc(C(=O)OCOC(=O)OC3CCCCC3)c2OB1O. The lowest BCUT2D eigenvalue weighted by Crippen LogP contribution is -2.38. The Kier molecular flexibility index (Phi) is 8.28. The highest BCUT2D eigenvalue weighted by Crippen LogP contribution is 2.38. The van der Waals surface area contributed by atoms with Crippen molar-refractivity contribution in [3.63, 3.8) is 0 Å². The summed E-state index contributed by atoms with van der Waals surface area (Å²) in [7, 11) is -1.55. The summed E-state index contributed by atoms with van der Waals surface area (Å²) in [6.45, 7) is 0.540. The first-order valence-electron chi connectivity index (χ1n) is 11.1. The lowest BCUT2D eigenvalue weighted by Gasteiger charge is -2.29. The van der Waals surface area contributed by atoms with Gasteiger partial charge in [0.25, 0.3) is 0 Å². The standard InChI is InChI=1S/C22H27BF2O8/c1-2-22(24,25)18(26)12-15-11-14-7-6-10-17(19(14)33-23(15)29)20(27)30-13-31-21(28)32-16-8-4-3-5-9-16/h6-7,10,15-16,29H,2-5,8-9,11-13H2,1H3/t15-/m1/s1. The zero-order valence-electron chi connectivity index (χ0n) is 18.4. The van der Waals surface area contributed by atoms with Gasteiger partial charge in [-0.05, 0) is 43.7 Å². The lowest BCUT2D eigenvalue weighted by molar-refractivity contribution is -0.143. The summed E-state index contributed by atoms with van der Waals surface area (Å²) in [5.74, 6) is -6.45. The molecule has 3 rings (SSSR count). The van der Waals surface area contributed by atoms with Crippen LogP contribution in [0.1, 0.15) is 67.8 Å². The lowest BCUT2D eigenvalue weighted by atomic mass is 9.64. The highest BCUT2D eigenvalue weighted by atomic mass is 19.3. The zero-order valence-corrected chi connectivity index (χ0v) is 18.4. The van der Waals surface area contributed by atoms with E-state index in [2.05, 4.69) is 0 Å². The number of alkyl halides is 2. The molecule has 0 spiro atoms. The van der Waals surface area contributed by atoms with Gasteiger partial charge in [-0.3, -0.25) is 4.79 Å². The quantitative estimate of drug-likeness (QED) is 0.346. The monoisotopic (exact) mass is 468 g/mol. The summed E-state index contributed by atoms with van der Waals surface area (Å²) in [5.41, 5.74) is 0.435. The second-order valence-corrected chi connectivity index (χ2v) is 8.27. The number of benzene rings is 1. The fraction of sp³-hybridized carbons (Fsp3) is 0.591. The maximum atomic E-state index is 13.6.